The zero-order chi connectivity index (χ0) is 27.2. The van der Waals surface area contributed by atoms with E-state index >= 15 is 0 Å². The van der Waals surface area contributed by atoms with Crippen LogP contribution >= 0.6 is 0 Å². The Morgan fingerprint density at radius 3 is 1.89 bits per heavy atom. The molecule has 3 rings (SSSR count). The first kappa shape index (κ1) is 28.1. The number of hydrogen-bond acceptors (Lipinski definition) is 5. The fourth-order valence-electron chi connectivity index (χ4n) is 3.61. The molecule has 0 saturated carbocycles. The Kier molecular flexibility index (Phi) is 8.89. The lowest BCUT2D eigenvalue weighted by Crippen LogP contribution is -2.47. The van der Waals surface area contributed by atoms with E-state index in [4.69, 9.17) is 4.74 Å². The molecule has 0 spiro atoms. The zero-order valence-corrected chi connectivity index (χ0v) is 22.6. The first-order valence-corrected chi connectivity index (χ1v) is 13.6. The predicted molar refractivity (Wildman–Crippen MR) is 145 cm³/mol. The van der Waals surface area contributed by atoms with Crippen LogP contribution in [0.3, 0.4) is 0 Å². The minimum Gasteiger partial charge on any atom is -0.459 e. The van der Waals surface area contributed by atoms with Crippen LogP contribution < -0.4 is 10.0 Å². The number of sulfonamides is 1. The monoisotopic (exact) mass is 522 g/mol. The van der Waals surface area contributed by atoms with Gasteiger partial charge < -0.3 is 10.1 Å². The molecule has 7 nitrogen and oxygen atoms in total. The van der Waals surface area contributed by atoms with E-state index in [9.17, 15) is 18.0 Å². The molecule has 1 amide bonds. The van der Waals surface area contributed by atoms with Crippen LogP contribution in [0, 0.1) is 5.92 Å². The first-order chi connectivity index (χ1) is 17.3. The number of nitrogens with one attached hydrogen (secondary N) is 2. The smallest absolute Gasteiger partial charge is 0.324 e. The Labute approximate surface area is 219 Å². The van der Waals surface area contributed by atoms with Crippen LogP contribution in [0.25, 0.3) is 11.1 Å². The Balaban J connectivity index is 1.67. The predicted octanol–water partition coefficient (Wildman–Crippen LogP) is 5.18. The molecule has 0 aliphatic heterocycles. The van der Waals surface area contributed by atoms with E-state index in [0.717, 1.165) is 22.4 Å². The second-order valence-corrected chi connectivity index (χ2v) is 11.9. The van der Waals surface area contributed by atoms with Crippen molar-refractivity contribution in [1.82, 2.24) is 4.72 Å². The van der Waals surface area contributed by atoms with Crippen molar-refractivity contribution in [2.75, 3.05) is 5.32 Å². The van der Waals surface area contributed by atoms with Gasteiger partial charge in [-0.3, -0.25) is 9.59 Å². The summed E-state index contributed by atoms with van der Waals surface area (Å²) in [5, 5.41) is 2.86. The van der Waals surface area contributed by atoms with Crippen molar-refractivity contribution in [3.8, 4) is 11.1 Å². The normalized spacial score (nSPS) is 12.7. The summed E-state index contributed by atoms with van der Waals surface area (Å²) in [4.78, 5) is 24.9. The summed E-state index contributed by atoms with van der Waals surface area (Å²) < 4.78 is 33.9. The lowest BCUT2D eigenvalue weighted by atomic mass is 10.0. The van der Waals surface area contributed by atoms with Crippen molar-refractivity contribution in [2.24, 2.45) is 5.92 Å². The fraction of sp³-hybridized carbons (Fsp3) is 0.310. The highest BCUT2D eigenvalue weighted by atomic mass is 32.2. The average molecular weight is 523 g/mol. The Morgan fingerprint density at radius 2 is 1.38 bits per heavy atom. The van der Waals surface area contributed by atoms with Crippen LogP contribution in [0.2, 0.25) is 0 Å². The standard InChI is InChI=1S/C29H34N2O5S/c1-20(2)27(28(33)36-29(3,4)5)31-37(34,35)25-17-15-23(16-18-25)22-13-11-21(12-14-22)19-26(32)30-24-9-7-6-8-10-24/h6-18,20,27,31H,19H2,1-5H3,(H,30,32). The van der Waals surface area contributed by atoms with E-state index in [1.54, 1.807) is 46.8 Å². The molecule has 0 aromatic heterocycles. The van der Waals surface area contributed by atoms with Crippen molar-refractivity contribution in [3.05, 3.63) is 84.4 Å². The number of rotatable bonds is 9. The number of benzene rings is 3. The molecule has 2 N–H and O–H groups in total. The van der Waals surface area contributed by atoms with Gasteiger partial charge in [-0.2, -0.15) is 4.72 Å². The lowest BCUT2D eigenvalue weighted by Gasteiger charge is -2.26. The molecule has 0 radical (unpaired) electrons. The summed E-state index contributed by atoms with van der Waals surface area (Å²) in [5.41, 5.74) is 2.60. The number of amides is 1. The first-order valence-electron chi connectivity index (χ1n) is 12.1. The Hall–Kier alpha value is -3.49. The van der Waals surface area contributed by atoms with Gasteiger partial charge in [0.1, 0.15) is 11.6 Å². The summed E-state index contributed by atoms with van der Waals surface area (Å²) in [6, 6.07) is 22.2. The molecule has 0 heterocycles. The molecule has 0 fully saturated rings. The van der Waals surface area contributed by atoms with E-state index in [-0.39, 0.29) is 23.1 Å². The summed E-state index contributed by atoms with van der Waals surface area (Å²) >= 11 is 0. The van der Waals surface area contributed by atoms with Crippen molar-refractivity contribution < 1.29 is 22.7 Å². The summed E-state index contributed by atoms with van der Waals surface area (Å²) in [7, 11) is -3.95. The summed E-state index contributed by atoms with van der Waals surface area (Å²) in [5.74, 6) is -1.01. The van der Waals surface area contributed by atoms with E-state index in [1.165, 1.54) is 12.1 Å². The number of ether oxygens (including phenoxy) is 1. The van der Waals surface area contributed by atoms with Gasteiger partial charge >= 0.3 is 5.97 Å². The van der Waals surface area contributed by atoms with Crippen LogP contribution in [0.5, 0.6) is 0 Å². The van der Waals surface area contributed by atoms with Crippen LogP contribution in [0.15, 0.2) is 83.8 Å². The van der Waals surface area contributed by atoms with E-state index in [2.05, 4.69) is 10.0 Å². The van der Waals surface area contributed by atoms with Gasteiger partial charge in [0, 0.05) is 5.69 Å². The molecule has 0 bridgehead atoms. The molecule has 8 heteroatoms. The van der Waals surface area contributed by atoms with Crippen LogP contribution in [0.1, 0.15) is 40.2 Å². The number of para-hydroxylation sites is 1. The van der Waals surface area contributed by atoms with E-state index < -0.39 is 27.6 Å². The molecular formula is C29H34N2O5S. The molecule has 0 aliphatic rings. The molecule has 1 unspecified atom stereocenters. The number of carbonyl (C=O) groups excluding carboxylic acids is 2. The molecule has 0 aliphatic carbocycles. The highest BCUT2D eigenvalue weighted by Gasteiger charge is 2.32. The number of anilines is 1. The SMILES string of the molecule is CC(C)C(NS(=O)(=O)c1ccc(-c2ccc(CC(=O)Nc3ccccc3)cc2)cc1)C(=O)OC(C)(C)C. The zero-order valence-electron chi connectivity index (χ0n) is 21.8. The fourth-order valence-corrected chi connectivity index (χ4v) is 4.94. The maximum absolute atomic E-state index is 13.0. The second kappa shape index (κ2) is 11.7. The maximum atomic E-state index is 13.0. The van der Waals surface area contributed by atoms with E-state index in [1.807, 2.05) is 54.6 Å². The van der Waals surface area contributed by atoms with Gasteiger partial charge in [0.05, 0.1) is 11.3 Å². The molecular weight excluding hydrogens is 488 g/mol. The summed E-state index contributed by atoms with van der Waals surface area (Å²) in [6.07, 6.45) is 0.243. The number of hydrogen-bond donors (Lipinski definition) is 2. The largest absolute Gasteiger partial charge is 0.459 e. The maximum Gasteiger partial charge on any atom is 0.324 e. The molecule has 0 saturated heterocycles. The van der Waals surface area contributed by atoms with Gasteiger partial charge in [-0.05, 0) is 67.6 Å². The number of carbonyl (C=O) groups is 2. The van der Waals surface area contributed by atoms with Crippen LogP contribution in [0.4, 0.5) is 5.69 Å². The molecule has 3 aromatic rings. The topological polar surface area (TPSA) is 102 Å². The van der Waals surface area contributed by atoms with Gasteiger partial charge in [-0.15, -0.1) is 0 Å². The second-order valence-electron chi connectivity index (χ2n) is 10.2. The van der Waals surface area contributed by atoms with E-state index in [0.29, 0.717) is 0 Å². The third-order valence-electron chi connectivity index (χ3n) is 5.48. The molecule has 3 aromatic carbocycles. The molecule has 37 heavy (non-hydrogen) atoms. The minimum atomic E-state index is -3.95. The average Bonchev–Trinajstić information content (AvgIpc) is 2.82. The van der Waals surface area contributed by atoms with Crippen LogP contribution in [-0.2, 0) is 30.8 Å². The lowest BCUT2D eigenvalue weighted by molar-refractivity contribution is -0.158. The third kappa shape index (κ3) is 8.27. The molecule has 1 atom stereocenters. The van der Waals surface area contributed by atoms with Crippen molar-refractivity contribution in [2.45, 2.75) is 57.6 Å². The Bertz CT molecular complexity index is 1310. The Morgan fingerprint density at radius 1 is 0.838 bits per heavy atom. The van der Waals surface area contributed by atoms with Crippen molar-refractivity contribution >= 4 is 27.6 Å². The van der Waals surface area contributed by atoms with Gasteiger partial charge in [0.25, 0.3) is 0 Å². The van der Waals surface area contributed by atoms with Crippen LogP contribution in [-0.4, -0.2) is 31.9 Å². The third-order valence-corrected chi connectivity index (χ3v) is 6.94. The van der Waals surface area contributed by atoms with Gasteiger partial charge in [-0.25, -0.2) is 8.42 Å². The van der Waals surface area contributed by atoms with Crippen molar-refractivity contribution in [3.63, 3.8) is 0 Å². The minimum absolute atomic E-state index is 0.0552. The molecule has 196 valence electrons. The summed E-state index contributed by atoms with van der Waals surface area (Å²) in [6.45, 7) is 8.73. The van der Waals surface area contributed by atoms with Gasteiger partial charge in [0.15, 0.2) is 0 Å². The number of esters is 1. The van der Waals surface area contributed by atoms with Gasteiger partial charge in [-0.1, -0.05) is 68.4 Å². The highest BCUT2D eigenvalue weighted by molar-refractivity contribution is 7.89. The van der Waals surface area contributed by atoms with Crippen molar-refractivity contribution in [1.29, 1.82) is 0 Å². The van der Waals surface area contributed by atoms with Gasteiger partial charge in [0.2, 0.25) is 15.9 Å². The quantitative estimate of drug-likeness (QED) is 0.377. The highest BCUT2D eigenvalue weighted by Crippen LogP contribution is 2.23.